The van der Waals surface area contributed by atoms with Crippen LogP contribution < -0.4 is 5.32 Å². The summed E-state index contributed by atoms with van der Waals surface area (Å²) < 4.78 is 7.27. The maximum atomic E-state index is 12.7. The molecule has 7 nitrogen and oxygen atoms in total. The van der Waals surface area contributed by atoms with Gasteiger partial charge in [0.25, 0.3) is 5.91 Å². The average Bonchev–Trinajstić information content (AvgIpc) is 3.05. The van der Waals surface area contributed by atoms with E-state index < -0.39 is 12.1 Å². The monoisotopic (exact) mass is 362 g/mol. The number of anilines is 1. The lowest BCUT2D eigenvalue weighted by molar-refractivity contribution is -0.160. The summed E-state index contributed by atoms with van der Waals surface area (Å²) in [5.74, 6) is -0.502. The lowest BCUT2D eigenvalue weighted by Crippen LogP contribution is -2.51. The summed E-state index contributed by atoms with van der Waals surface area (Å²) in [6.45, 7) is 2.54. The van der Waals surface area contributed by atoms with Crippen LogP contribution in [0.15, 0.2) is 36.7 Å². The highest BCUT2D eigenvalue weighted by molar-refractivity contribution is 6.30. The van der Waals surface area contributed by atoms with Gasteiger partial charge in [-0.3, -0.25) is 14.3 Å². The van der Waals surface area contributed by atoms with E-state index in [1.54, 1.807) is 48.4 Å². The van der Waals surface area contributed by atoms with Crippen LogP contribution in [0.25, 0.3) is 0 Å². The number of hydrogen-bond donors (Lipinski definition) is 1. The smallest absolute Gasteiger partial charge is 0.256 e. The molecule has 8 heteroatoms. The Morgan fingerprint density at radius 1 is 1.40 bits per heavy atom. The van der Waals surface area contributed by atoms with Crippen molar-refractivity contribution in [2.45, 2.75) is 25.6 Å². The topological polar surface area (TPSA) is 76.5 Å². The van der Waals surface area contributed by atoms with Gasteiger partial charge in [-0.15, -0.1) is 0 Å². The summed E-state index contributed by atoms with van der Waals surface area (Å²) in [6.07, 6.45) is 2.50. The molecule has 1 N–H and O–H groups in total. The Kier molecular flexibility index (Phi) is 5.06. The van der Waals surface area contributed by atoms with E-state index in [-0.39, 0.29) is 18.4 Å². The molecule has 2 aromatic rings. The number of nitrogens with zero attached hydrogens (tertiary/aromatic N) is 3. The van der Waals surface area contributed by atoms with Crippen molar-refractivity contribution in [2.24, 2.45) is 0 Å². The number of aromatic nitrogens is 2. The van der Waals surface area contributed by atoms with E-state index in [4.69, 9.17) is 16.3 Å². The van der Waals surface area contributed by atoms with Gasteiger partial charge in [0.2, 0.25) is 5.91 Å². The molecule has 3 rings (SSSR count). The molecular formula is C17H19ClN4O3. The Bertz CT molecular complexity index is 774. The summed E-state index contributed by atoms with van der Waals surface area (Å²) in [5, 5.41) is 7.52. The number of carbonyl (C=O) groups is 2. The Hall–Kier alpha value is -2.38. The number of rotatable bonds is 4. The Morgan fingerprint density at radius 2 is 2.12 bits per heavy atom. The predicted octanol–water partition coefficient (Wildman–Crippen LogP) is 2.09. The molecule has 1 aromatic heterocycles. The third kappa shape index (κ3) is 3.67. The zero-order chi connectivity index (χ0) is 18.0. The fraction of sp³-hybridized carbons (Fsp3) is 0.353. The summed E-state index contributed by atoms with van der Waals surface area (Å²) in [7, 11) is 1.67. The molecule has 0 bridgehead atoms. The number of hydrogen-bond acceptors (Lipinski definition) is 4. The normalized spacial score (nSPS) is 20.6. The van der Waals surface area contributed by atoms with Crippen LogP contribution in [0.4, 0.5) is 5.69 Å². The van der Waals surface area contributed by atoms with Gasteiger partial charge in [-0.1, -0.05) is 23.7 Å². The molecule has 132 valence electrons. The van der Waals surface area contributed by atoms with Gasteiger partial charge in [-0.2, -0.15) is 5.10 Å². The van der Waals surface area contributed by atoms with Crippen LogP contribution in [0.1, 0.15) is 18.5 Å². The number of carbonyl (C=O) groups excluding carboxylic acids is 2. The number of amides is 2. The van der Waals surface area contributed by atoms with Crippen LogP contribution in [0, 0.1) is 0 Å². The van der Waals surface area contributed by atoms with Crippen LogP contribution in [0.5, 0.6) is 0 Å². The van der Waals surface area contributed by atoms with E-state index in [2.05, 4.69) is 10.4 Å². The zero-order valence-corrected chi connectivity index (χ0v) is 14.7. The molecule has 0 unspecified atom stereocenters. The lowest BCUT2D eigenvalue weighted by Gasteiger charge is -2.38. The highest BCUT2D eigenvalue weighted by Crippen LogP contribution is 2.30. The number of ether oxygens (including phenoxy) is 1. The van der Waals surface area contributed by atoms with Crippen LogP contribution in [0.3, 0.4) is 0 Å². The number of nitrogens with one attached hydrogen (secondary N) is 1. The summed E-state index contributed by atoms with van der Waals surface area (Å²) >= 11 is 5.94. The first kappa shape index (κ1) is 17.4. The first-order valence-electron chi connectivity index (χ1n) is 7.95. The van der Waals surface area contributed by atoms with Crippen molar-refractivity contribution in [3.63, 3.8) is 0 Å². The zero-order valence-electron chi connectivity index (χ0n) is 14.0. The minimum absolute atomic E-state index is 0.132. The number of likely N-dealkylation sites (N-methyl/N-ethyl adjacent to an activating group) is 1. The Labute approximate surface area is 150 Å². The summed E-state index contributed by atoms with van der Waals surface area (Å²) in [6, 6.07) is 6.51. The number of benzene rings is 1. The standard InChI is InChI=1S/C17H19ClN4O3/c1-3-22-9-13(8-19-22)20-17(24)16-15(21(2)14(23)10-25-16)11-4-6-12(18)7-5-11/h4-9,15-16H,3,10H2,1-2H3,(H,20,24)/t15-,16+/m1/s1. The van der Waals surface area contributed by atoms with E-state index >= 15 is 0 Å². The van der Waals surface area contributed by atoms with E-state index in [1.165, 1.54) is 4.90 Å². The molecule has 1 fully saturated rings. The molecule has 25 heavy (non-hydrogen) atoms. The molecule has 1 aliphatic rings. The molecular weight excluding hydrogens is 344 g/mol. The highest BCUT2D eigenvalue weighted by atomic mass is 35.5. The second kappa shape index (κ2) is 7.25. The number of halogens is 1. The van der Waals surface area contributed by atoms with Crippen LogP contribution in [-0.4, -0.2) is 46.3 Å². The average molecular weight is 363 g/mol. The van der Waals surface area contributed by atoms with Crippen molar-refractivity contribution in [2.75, 3.05) is 19.0 Å². The maximum absolute atomic E-state index is 12.7. The van der Waals surface area contributed by atoms with E-state index in [0.717, 1.165) is 5.56 Å². The largest absolute Gasteiger partial charge is 0.356 e. The lowest BCUT2D eigenvalue weighted by atomic mass is 9.97. The van der Waals surface area contributed by atoms with Crippen LogP contribution in [-0.2, 0) is 20.9 Å². The third-order valence-electron chi connectivity index (χ3n) is 4.18. The van der Waals surface area contributed by atoms with Gasteiger partial charge in [0, 0.05) is 24.8 Å². The molecule has 1 aromatic carbocycles. The van der Waals surface area contributed by atoms with Gasteiger partial charge in [-0.05, 0) is 24.6 Å². The van der Waals surface area contributed by atoms with E-state index in [9.17, 15) is 9.59 Å². The van der Waals surface area contributed by atoms with Gasteiger partial charge in [0.05, 0.1) is 17.9 Å². The summed E-state index contributed by atoms with van der Waals surface area (Å²) in [5.41, 5.74) is 1.37. The quantitative estimate of drug-likeness (QED) is 0.903. The fourth-order valence-electron chi connectivity index (χ4n) is 2.80. The molecule has 0 saturated carbocycles. The Morgan fingerprint density at radius 3 is 2.76 bits per heavy atom. The van der Waals surface area contributed by atoms with Gasteiger partial charge in [-0.25, -0.2) is 0 Å². The molecule has 1 aliphatic heterocycles. The second-order valence-electron chi connectivity index (χ2n) is 5.81. The first-order valence-corrected chi connectivity index (χ1v) is 8.33. The molecule has 0 spiro atoms. The highest BCUT2D eigenvalue weighted by Gasteiger charge is 2.40. The van der Waals surface area contributed by atoms with Crippen molar-refractivity contribution >= 4 is 29.1 Å². The minimum Gasteiger partial charge on any atom is -0.356 e. The van der Waals surface area contributed by atoms with Crippen molar-refractivity contribution in [1.29, 1.82) is 0 Å². The molecule has 2 atom stereocenters. The Balaban J connectivity index is 1.84. The molecule has 2 amide bonds. The van der Waals surface area contributed by atoms with Crippen molar-refractivity contribution < 1.29 is 14.3 Å². The van der Waals surface area contributed by atoms with Crippen LogP contribution >= 0.6 is 11.6 Å². The summed E-state index contributed by atoms with van der Waals surface area (Å²) in [4.78, 5) is 26.3. The van der Waals surface area contributed by atoms with Gasteiger partial charge >= 0.3 is 0 Å². The third-order valence-corrected chi connectivity index (χ3v) is 4.43. The van der Waals surface area contributed by atoms with Gasteiger partial charge in [0.1, 0.15) is 6.61 Å². The van der Waals surface area contributed by atoms with Crippen molar-refractivity contribution in [3.8, 4) is 0 Å². The van der Waals surface area contributed by atoms with Crippen LogP contribution in [0.2, 0.25) is 5.02 Å². The van der Waals surface area contributed by atoms with E-state index in [0.29, 0.717) is 17.3 Å². The minimum atomic E-state index is -0.825. The number of morpholine rings is 1. The first-order chi connectivity index (χ1) is 12.0. The van der Waals surface area contributed by atoms with Crippen molar-refractivity contribution in [1.82, 2.24) is 14.7 Å². The molecule has 0 aliphatic carbocycles. The predicted molar refractivity (Wildman–Crippen MR) is 93.2 cm³/mol. The van der Waals surface area contributed by atoms with Gasteiger partial charge < -0.3 is 15.0 Å². The van der Waals surface area contributed by atoms with E-state index in [1.807, 2.05) is 6.92 Å². The van der Waals surface area contributed by atoms with Crippen molar-refractivity contribution in [3.05, 3.63) is 47.2 Å². The van der Waals surface area contributed by atoms with Gasteiger partial charge in [0.15, 0.2) is 6.10 Å². The molecule has 1 saturated heterocycles. The molecule has 2 heterocycles. The fourth-order valence-corrected chi connectivity index (χ4v) is 2.93. The number of aryl methyl sites for hydroxylation is 1. The maximum Gasteiger partial charge on any atom is 0.256 e. The molecule has 0 radical (unpaired) electrons. The second-order valence-corrected chi connectivity index (χ2v) is 6.24. The SMILES string of the molecule is CCn1cc(NC(=O)[C@H]2OCC(=O)N(C)[C@@H]2c2ccc(Cl)cc2)cn1.